The standard InChI is InChI=1S/C11H16N4O/c1-7(2)13-11-8-3-5-12-10(8)14-9(15-11)4-6-16/h3,5,7,16H,4,6H2,1-2H3,(H2,12,13,14,15). The second-order valence-electron chi connectivity index (χ2n) is 4.00. The first-order valence-corrected chi connectivity index (χ1v) is 5.42. The Kier molecular flexibility index (Phi) is 3.05. The van der Waals surface area contributed by atoms with Crippen LogP contribution in [0, 0.1) is 0 Å². The van der Waals surface area contributed by atoms with Crippen molar-refractivity contribution in [2.24, 2.45) is 0 Å². The molecule has 0 bridgehead atoms. The van der Waals surface area contributed by atoms with Crippen molar-refractivity contribution >= 4 is 16.9 Å². The van der Waals surface area contributed by atoms with Crippen molar-refractivity contribution in [2.45, 2.75) is 26.3 Å². The van der Waals surface area contributed by atoms with E-state index in [0.717, 1.165) is 16.9 Å². The fraction of sp³-hybridized carbons (Fsp3) is 0.455. The fourth-order valence-corrected chi connectivity index (χ4v) is 1.58. The molecule has 5 heteroatoms. The molecule has 0 fully saturated rings. The van der Waals surface area contributed by atoms with Gasteiger partial charge in [-0.05, 0) is 19.9 Å². The lowest BCUT2D eigenvalue weighted by Gasteiger charge is -2.11. The van der Waals surface area contributed by atoms with Gasteiger partial charge in [0.05, 0.1) is 12.0 Å². The zero-order chi connectivity index (χ0) is 11.5. The number of rotatable bonds is 4. The predicted molar refractivity (Wildman–Crippen MR) is 63.4 cm³/mol. The monoisotopic (exact) mass is 220 g/mol. The largest absolute Gasteiger partial charge is 0.396 e. The van der Waals surface area contributed by atoms with Crippen LogP contribution >= 0.6 is 0 Å². The van der Waals surface area contributed by atoms with Crippen LogP contribution in [0.25, 0.3) is 11.0 Å². The number of H-pyrrole nitrogens is 1. The first-order valence-electron chi connectivity index (χ1n) is 5.42. The molecule has 16 heavy (non-hydrogen) atoms. The number of fused-ring (bicyclic) bond motifs is 1. The molecule has 3 N–H and O–H groups in total. The van der Waals surface area contributed by atoms with Gasteiger partial charge in [0.2, 0.25) is 0 Å². The van der Waals surface area contributed by atoms with E-state index in [1.165, 1.54) is 0 Å². The van der Waals surface area contributed by atoms with Crippen LogP contribution in [-0.4, -0.2) is 32.7 Å². The van der Waals surface area contributed by atoms with Crippen molar-refractivity contribution in [3.05, 3.63) is 18.1 Å². The molecule has 0 aliphatic rings. The lowest BCUT2D eigenvalue weighted by Crippen LogP contribution is -2.13. The molecule has 0 saturated heterocycles. The molecule has 0 amide bonds. The Balaban J connectivity index is 2.46. The minimum atomic E-state index is 0.0628. The Morgan fingerprint density at radius 1 is 1.44 bits per heavy atom. The van der Waals surface area contributed by atoms with Crippen molar-refractivity contribution in [1.82, 2.24) is 15.0 Å². The first-order chi connectivity index (χ1) is 7.70. The number of nitrogens with zero attached hydrogens (tertiary/aromatic N) is 2. The van der Waals surface area contributed by atoms with Gasteiger partial charge in [-0.2, -0.15) is 0 Å². The lowest BCUT2D eigenvalue weighted by molar-refractivity contribution is 0.297. The number of aliphatic hydroxyl groups excluding tert-OH is 1. The van der Waals surface area contributed by atoms with Crippen LogP contribution in [0.1, 0.15) is 19.7 Å². The molecule has 0 aromatic carbocycles. The second kappa shape index (κ2) is 4.49. The molecule has 0 atom stereocenters. The Morgan fingerprint density at radius 2 is 2.25 bits per heavy atom. The van der Waals surface area contributed by atoms with Gasteiger partial charge in [0.15, 0.2) is 0 Å². The molecular weight excluding hydrogens is 204 g/mol. The maximum atomic E-state index is 8.90. The number of nitrogens with one attached hydrogen (secondary N) is 2. The Hall–Kier alpha value is -1.62. The molecule has 0 saturated carbocycles. The average molecular weight is 220 g/mol. The summed E-state index contributed by atoms with van der Waals surface area (Å²) in [5, 5.41) is 13.2. The minimum Gasteiger partial charge on any atom is -0.396 e. The molecule has 2 aromatic heterocycles. The topological polar surface area (TPSA) is 73.8 Å². The highest BCUT2D eigenvalue weighted by atomic mass is 16.3. The van der Waals surface area contributed by atoms with E-state index >= 15 is 0 Å². The van der Waals surface area contributed by atoms with Crippen LogP contribution < -0.4 is 5.32 Å². The van der Waals surface area contributed by atoms with Gasteiger partial charge in [-0.25, -0.2) is 9.97 Å². The van der Waals surface area contributed by atoms with E-state index < -0.39 is 0 Å². The van der Waals surface area contributed by atoms with Gasteiger partial charge < -0.3 is 15.4 Å². The maximum absolute atomic E-state index is 8.90. The summed E-state index contributed by atoms with van der Waals surface area (Å²) in [5.41, 5.74) is 0.807. The second-order valence-corrected chi connectivity index (χ2v) is 4.00. The molecule has 0 aliphatic carbocycles. The highest BCUT2D eigenvalue weighted by Crippen LogP contribution is 2.19. The van der Waals surface area contributed by atoms with Gasteiger partial charge in [-0.1, -0.05) is 0 Å². The first kappa shape index (κ1) is 10.9. The Morgan fingerprint density at radius 3 is 2.94 bits per heavy atom. The van der Waals surface area contributed by atoms with Gasteiger partial charge >= 0.3 is 0 Å². The smallest absolute Gasteiger partial charge is 0.143 e. The number of aliphatic hydroxyl groups is 1. The van der Waals surface area contributed by atoms with E-state index in [1.807, 2.05) is 12.3 Å². The average Bonchev–Trinajstić information content (AvgIpc) is 2.65. The molecule has 2 rings (SSSR count). The fourth-order valence-electron chi connectivity index (χ4n) is 1.58. The summed E-state index contributed by atoms with van der Waals surface area (Å²) in [6.45, 7) is 4.19. The number of aromatic amines is 1. The van der Waals surface area contributed by atoms with Crippen molar-refractivity contribution in [3.8, 4) is 0 Å². The third-order valence-electron chi connectivity index (χ3n) is 2.22. The molecule has 0 radical (unpaired) electrons. The number of anilines is 1. The van der Waals surface area contributed by atoms with Crippen molar-refractivity contribution in [1.29, 1.82) is 0 Å². The zero-order valence-electron chi connectivity index (χ0n) is 9.49. The number of hydrogen-bond acceptors (Lipinski definition) is 4. The molecule has 0 spiro atoms. The van der Waals surface area contributed by atoms with E-state index in [-0.39, 0.29) is 6.61 Å². The summed E-state index contributed by atoms with van der Waals surface area (Å²) < 4.78 is 0. The highest BCUT2D eigenvalue weighted by Gasteiger charge is 2.08. The summed E-state index contributed by atoms with van der Waals surface area (Å²) in [6, 6.07) is 2.26. The third kappa shape index (κ3) is 2.14. The molecule has 2 aromatic rings. The summed E-state index contributed by atoms with van der Waals surface area (Å²) in [7, 11) is 0. The van der Waals surface area contributed by atoms with Gasteiger partial charge in [-0.3, -0.25) is 0 Å². The van der Waals surface area contributed by atoms with Crippen LogP contribution in [-0.2, 0) is 6.42 Å². The van der Waals surface area contributed by atoms with Crippen molar-refractivity contribution < 1.29 is 5.11 Å². The molecular formula is C11H16N4O. The molecule has 0 unspecified atom stereocenters. The van der Waals surface area contributed by atoms with Crippen molar-refractivity contribution in [2.75, 3.05) is 11.9 Å². The van der Waals surface area contributed by atoms with Crippen LogP contribution in [0.4, 0.5) is 5.82 Å². The van der Waals surface area contributed by atoms with Crippen LogP contribution in [0.2, 0.25) is 0 Å². The van der Waals surface area contributed by atoms with Gasteiger partial charge in [0.25, 0.3) is 0 Å². The van der Waals surface area contributed by atoms with Crippen LogP contribution in [0.5, 0.6) is 0 Å². The number of aromatic nitrogens is 3. The minimum absolute atomic E-state index is 0.0628. The number of hydrogen-bond donors (Lipinski definition) is 3. The van der Waals surface area contributed by atoms with Crippen LogP contribution in [0.15, 0.2) is 12.3 Å². The maximum Gasteiger partial charge on any atom is 0.143 e. The van der Waals surface area contributed by atoms with E-state index in [2.05, 4.69) is 34.1 Å². The van der Waals surface area contributed by atoms with Crippen LogP contribution in [0.3, 0.4) is 0 Å². The Labute approximate surface area is 93.9 Å². The van der Waals surface area contributed by atoms with Gasteiger partial charge in [0, 0.05) is 18.7 Å². The summed E-state index contributed by atoms with van der Waals surface area (Å²) in [4.78, 5) is 11.8. The summed E-state index contributed by atoms with van der Waals surface area (Å²) in [6.07, 6.45) is 2.31. The van der Waals surface area contributed by atoms with E-state index in [4.69, 9.17) is 5.11 Å². The molecule has 2 heterocycles. The van der Waals surface area contributed by atoms with Crippen molar-refractivity contribution in [3.63, 3.8) is 0 Å². The molecule has 86 valence electrons. The SMILES string of the molecule is CC(C)Nc1nc(CCO)nc2[nH]ccc12. The zero-order valence-corrected chi connectivity index (χ0v) is 9.49. The quantitative estimate of drug-likeness (QED) is 0.726. The normalized spacial score (nSPS) is 11.2. The van der Waals surface area contributed by atoms with Gasteiger partial charge in [0.1, 0.15) is 17.3 Å². The summed E-state index contributed by atoms with van der Waals surface area (Å²) in [5.74, 6) is 1.48. The predicted octanol–water partition coefficient (Wildman–Crippen LogP) is 1.31. The van der Waals surface area contributed by atoms with Gasteiger partial charge in [-0.15, -0.1) is 0 Å². The highest BCUT2D eigenvalue weighted by molar-refractivity contribution is 5.87. The van der Waals surface area contributed by atoms with E-state index in [9.17, 15) is 0 Å². The summed E-state index contributed by atoms with van der Waals surface area (Å²) >= 11 is 0. The lowest BCUT2D eigenvalue weighted by atomic mass is 10.3. The molecule has 5 nitrogen and oxygen atoms in total. The third-order valence-corrected chi connectivity index (χ3v) is 2.22. The van der Waals surface area contributed by atoms with E-state index in [1.54, 1.807) is 0 Å². The molecule has 0 aliphatic heterocycles. The Bertz CT molecular complexity index is 478. The van der Waals surface area contributed by atoms with E-state index in [0.29, 0.717) is 18.3 Å².